The molecule has 2 aliphatic heterocycles. The highest BCUT2D eigenvalue weighted by Gasteiger charge is 2.29. The quantitative estimate of drug-likeness (QED) is 0.806. The van der Waals surface area contributed by atoms with E-state index in [0.717, 1.165) is 47.6 Å². The van der Waals surface area contributed by atoms with E-state index in [9.17, 15) is 4.79 Å². The van der Waals surface area contributed by atoms with Gasteiger partial charge in [-0.05, 0) is 57.5 Å². The van der Waals surface area contributed by atoms with Gasteiger partial charge in [-0.25, -0.2) is 4.98 Å². The van der Waals surface area contributed by atoms with Crippen LogP contribution in [0.2, 0.25) is 0 Å². The van der Waals surface area contributed by atoms with Gasteiger partial charge in [-0.1, -0.05) is 20.8 Å². The highest BCUT2D eigenvalue weighted by atomic mass is 32.1. The van der Waals surface area contributed by atoms with Crippen molar-refractivity contribution in [1.29, 1.82) is 0 Å². The van der Waals surface area contributed by atoms with Gasteiger partial charge in [0.25, 0.3) is 5.91 Å². The molecule has 1 aromatic rings. The topological polar surface area (TPSA) is 36.4 Å². The number of rotatable bonds is 4. The summed E-state index contributed by atoms with van der Waals surface area (Å²) in [5.74, 6) is 2.11. The molecule has 1 amide bonds. The lowest BCUT2D eigenvalue weighted by atomic mass is 9.94. The molecule has 0 spiro atoms. The van der Waals surface area contributed by atoms with Gasteiger partial charge >= 0.3 is 0 Å². The number of aromatic nitrogens is 1. The van der Waals surface area contributed by atoms with Crippen LogP contribution < -0.4 is 0 Å². The van der Waals surface area contributed by atoms with Crippen LogP contribution in [0.25, 0.3) is 0 Å². The van der Waals surface area contributed by atoms with Crippen LogP contribution in [0.5, 0.6) is 0 Å². The lowest BCUT2D eigenvalue weighted by molar-refractivity contribution is 0.0626. The molecule has 1 aromatic heterocycles. The minimum absolute atomic E-state index is 0.207. The van der Waals surface area contributed by atoms with E-state index in [4.69, 9.17) is 0 Å². The Bertz CT molecular complexity index is 590. The Labute approximate surface area is 156 Å². The molecule has 2 saturated heterocycles. The van der Waals surface area contributed by atoms with E-state index >= 15 is 0 Å². The van der Waals surface area contributed by atoms with E-state index in [1.165, 1.54) is 32.4 Å². The van der Waals surface area contributed by atoms with Crippen LogP contribution in [-0.2, 0) is 0 Å². The summed E-state index contributed by atoms with van der Waals surface area (Å²) in [6, 6.07) is 0. The van der Waals surface area contributed by atoms with E-state index in [1.54, 1.807) is 11.3 Å². The van der Waals surface area contributed by atoms with Crippen LogP contribution in [0.3, 0.4) is 0 Å². The zero-order valence-electron chi connectivity index (χ0n) is 16.3. The van der Waals surface area contributed by atoms with Gasteiger partial charge in [0.2, 0.25) is 0 Å². The van der Waals surface area contributed by atoms with Crippen molar-refractivity contribution in [2.24, 2.45) is 11.8 Å². The molecule has 5 heteroatoms. The fourth-order valence-electron chi connectivity index (χ4n) is 4.01. The predicted molar refractivity (Wildman–Crippen MR) is 104 cm³/mol. The third-order valence-electron chi connectivity index (χ3n) is 5.70. The molecule has 2 fully saturated rings. The number of nitrogens with zero attached hydrogens (tertiary/aromatic N) is 3. The fourth-order valence-corrected chi connectivity index (χ4v) is 5.05. The maximum absolute atomic E-state index is 13.0. The first-order valence-corrected chi connectivity index (χ1v) is 10.7. The number of amides is 1. The first-order valence-electron chi connectivity index (χ1n) is 9.93. The summed E-state index contributed by atoms with van der Waals surface area (Å²) < 4.78 is 0. The molecule has 140 valence electrons. The zero-order chi connectivity index (χ0) is 18.0. The maximum Gasteiger partial charge on any atom is 0.265 e. The Morgan fingerprint density at radius 3 is 2.60 bits per heavy atom. The molecule has 0 bridgehead atoms. The zero-order valence-corrected chi connectivity index (χ0v) is 17.1. The highest BCUT2D eigenvalue weighted by molar-refractivity contribution is 7.13. The Hall–Kier alpha value is -0.940. The first kappa shape index (κ1) is 18.8. The molecule has 3 heterocycles. The molecular weight excluding hydrogens is 330 g/mol. The van der Waals surface area contributed by atoms with Crippen molar-refractivity contribution in [2.75, 3.05) is 32.7 Å². The van der Waals surface area contributed by atoms with E-state index in [0.29, 0.717) is 11.8 Å². The van der Waals surface area contributed by atoms with Gasteiger partial charge in [0, 0.05) is 25.6 Å². The van der Waals surface area contributed by atoms with Crippen molar-refractivity contribution < 1.29 is 4.79 Å². The highest BCUT2D eigenvalue weighted by Crippen LogP contribution is 2.28. The lowest BCUT2D eigenvalue weighted by Crippen LogP contribution is -2.45. The molecule has 25 heavy (non-hydrogen) atoms. The van der Waals surface area contributed by atoms with E-state index in [-0.39, 0.29) is 5.91 Å². The second-order valence-corrected chi connectivity index (χ2v) is 9.39. The molecule has 4 nitrogen and oxygen atoms in total. The van der Waals surface area contributed by atoms with Crippen molar-refractivity contribution in [3.05, 3.63) is 15.6 Å². The van der Waals surface area contributed by atoms with Crippen molar-refractivity contribution in [2.45, 2.75) is 59.3 Å². The van der Waals surface area contributed by atoms with Crippen molar-refractivity contribution in [1.82, 2.24) is 14.8 Å². The number of hydrogen-bond donors (Lipinski definition) is 0. The Balaban J connectivity index is 1.60. The third kappa shape index (κ3) is 4.62. The largest absolute Gasteiger partial charge is 0.338 e. The molecule has 1 unspecified atom stereocenters. The van der Waals surface area contributed by atoms with Crippen LogP contribution in [0.4, 0.5) is 0 Å². The smallest absolute Gasteiger partial charge is 0.265 e. The van der Waals surface area contributed by atoms with Gasteiger partial charge in [0.05, 0.1) is 10.7 Å². The van der Waals surface area contributed by atoms with Gasteiger partial charge in [-0.2, -0.15) is 0 Å². The van der Waals surface area contributed by atoms with Gasteiger partial charge < -0.3 is 9.80 Å². The summed E-state index contributed by atoms with van der Waals surface area (Å²) in [5, 5.41) is 1.08. The standard InChI is InChI=1S/C20H33N3OS/c1-14(2)19-21-16(4)18(25-19)20(24)23-9-5-6-17(13-23)12-22-10-7-15(3)8-11-22/h14-15,17H,5-13H2,1-4H3. The molecule has 0 radical (unpaired) electrons. The monoisotopic (exact) mass is 363 g/mol. The summed E-state index contributed by atoms with van der Waals surface area (Å²) >= 11 is 1.59. The average Bonchev–Trinajstić information content (AvgIpc) is 2.99. The number of likely N-dealkylation sites (tertiary alicyclic amines) is 2. The third-order valence-corrected chi connectivity index (χ3v) is 7.15. The van der Waals surface area contributed by atoms with Crippen LogP contribution in [0.15, 0.2) is 0 Å². The van der Waals surface area contributed by atoms with Crippen LogP contribution >= 0.6 is 11.3 Å². The molecule has 1 atom stereocenters. The SMILES string of the molecule is Cc1nc(C(C)C)sc1C(=O)N1CCCC(CN2CCC(C)CC2)C1. The number of carbonyl (C=O) groups is 1. The molecule has 0 aromatic carbocycles. The van der Waals surface area contributed by atoms with Gasteiger partial charge in [-0.3, -0.25) is 4.79 Å². The van der Waals surface area contributed by atoms with Crippen molar-refractivity contribution in [3.63, 3.8) is 0 Å². The minimum Gasteiger partial charge on any atom is -0.338 e. The summed E-state index contributed by atoms with van der Waals surface area (Å²) in [5.41, 5.74) is 0.908. The summed E-state index contributed by atoms with van der Waals surface area (Å²) in [6.45, 7) is 14.1. The first-order chi connectivity index (χ1) is 11.9. The Kier molecular flexibility index (Phi) is 6.16. The van der Waals surface area contributed by atoms with E-state index in [1.807, 2.05) is 6.92 Å². The van der Waals surface area contributed by atoms with Crippen LogP contribution in [0, 0.1) is 18.8 Å². The Morgan fingerprint density at radius 2 is 1.96 bits per heavy atom. The average molecular weight is 364 g/mol. The maximum atomic E-state index is 13.0. The molecular formula is C20H33N3OS. The van der Waals surface area contributed by atoms with E-state index < -0.39 is 0 Å². The minimum atomic E-state index is 0.207. The van der Waals surface area contributed by atoms with Gasteiger partial charge in [-0.15, -0.1) is 11.3 Å². The molecule has 0 saturated carbocycles. The van der Waals surface area contributed by atoms with Crippen molar-refractivity contribution in [3.8, 4) is 0 Å². The number of piperidine rings is 2. The normalized spacial score (nSPS) is 23.4. The summed E-state index contributed by atoms with van der Waals surface area (Å²) in [4.78, 5) is 23.2. The van der Waals surface area contributed by atoms with E-state index in [2.05, 4.69) is 35.6 Å². The lowest BCUT2D eigenvalue weighted by Gasteiger charge is -2.37. The molecule has 0 aliphatic carbocycles. The number of thiazole rings is 1. The fraction of sp³-hybridized carbons (Fsp3) is 0.800. The molecule has 3 rings (SSSR count). The molecule has 0 N–H and O–H groups in total. The predicted octanol–water partition coefficient (Wildman–Crippen LogP) is 4.16. The number of hydrogen-bond acceptors (Lipinski definition) is 4. The number of carbonyl (C=O) groups excluding carboxylic acids is 1. The van der Waals surface area contributed by atoms with Gasteiger partial charge in [0.15, 0.2) is 0 Å². The van der Waals surface area contributed by atoms with Gasteiger partial charge in [0.1, 0.15) is 4.88 Å². The van der Waals surface area contributed by atoms with Crippen LogP contribution in [0.1, 0.15) is 72.7 Å². The van der Waals surface area contributed by atoms with Crippen LogP contribution in [-0.4, -0.2) is 53.4 Å². The molecule has 2 aliphatic rings. The summed E-state index contributed by atoms with van der Waals surface area (Å²) in [6.07, 6.45) is 5.05. The Morgan fingerprint density at radius 1 is 1.24 bits per heavy atom. The number of aryl methyl sites for hydroxylation is 1. The second kappa shape index (κ2) is 8.17. The second-order valence-electron chi connectivity index (χ2n) is 8.36. The van der Waals surface area contributed by atoms with Crippen molar-refractivity contribution >= 4 is 17.2 Å². The summed E-state index contributed by atoms with van der Waals surface area (Å²) in [7, 11) is 0.